The average molecular weight is 307 g/mol. The molecule has 3 rings (SSSR count). The molecule has 0 atom stereocenters. The second-order valence-electron chi connectivity index (χ2n) is 5.58. The number of carbonyl (C=O) groups is 1. The third kappa shape index (κ3) is 3.31. The molecule has 0 bridgehead atoms. The lowest BCUT2D eigenvalue weighted by molar-refractivity contribution is 0.0724. The summed E-state index contributed by atoms with van der Waals surface area (Å²) in [6, 6.07) is 14.9. The molecule has 4 nitrogen and oxygen atoms in total. The average Bonchev–Trinajstić information content (AvgIpc) is 3.00. The molecule has 0 spiro atoms. The van der Waals surface area contributed by atoms with Crippen LogP contribution in [-0.2, 0) is 0 Å². The molecule has 2 aromatic carbocycles. The highest BCUT2D eigenvalue weighted by atomic mass is 16.5. The molecule has 0 saturated carbocycles. The van der Waals surface area contributed by atoms with Crippen molar-refractivity contribution in [2.24, 2.45) is 0 Å². The van der Waals surface area contributed by atoms with E-state index in [9.17, 15) is 4.79 Å². The van der Waals surface area contributed by atoms with E-state index in [1.165, 1.54) is 5.56 Å². The van der Waals surface area contributed by atoms with Crippen molar-refractivity contribution >= 4 is 5.97 Å². The monoisotopic (exact) mass is 307 g/mol. The number of esters is 1. The van der Waals surface area contributed by atoms with Gasteiger partial charge in [0.15, 0.2) is 11.5 Å². The van der Waals surface area contributed by atoms with Gasteiger partial charge in [-0.05, 0) is 55.7 Å². The quantitative estimate of drug-likeness (QED) is 0.528. The zero-order valence-corrected chi connectivity index (χ0v) is 13.3. The fraction of sp³-hybridized carbons (Fsp3) is 0.158. The van der Waals surface area contributed by atoms with E-state index >= 15 is 0 Å². The molecule has 0 aliphatic heterocycles. The van der Waals surface area contributed by atoms with Crippen molar-refractivity contribution < 1.29 is 14.1 Å². The van der Waals surface area contributed by atoms with Gasteiger partial charge in [0.05, 0.1) is 0 Å². The van der Waals surface area contributed by atoms with Gasteiger partial charge in [0.1, 0.15) is 5.75 Å². The Morgan fingerprint density at radius 2 is 1.83 bits per heavy atom. The molecule has 0 aliphatic rings. The first kappa shape index (κ1) is 15.0. The summed E-state index contributed by atoms with van der Waals surface area (Å²) in [6.45, 7) is 6.01. The summed E-state index contributed by atoms with van der Waals surface area (Å²) in [5.41, 5.74) is 4.41. The minimum absolute atomic E-state index is 0.153. The first-order chi connectivity index (χ1) is 11.0. The summed E-state index contributed by atoms with van der Waals surface area (Å²) in [4.78, 5) is 12.1. The van der Waals surface area contributed by atoms with Crippen LogP contribution >= 0.6 is 0 Å². The third-order valence-corrected chi connectivity index (χ3v) is 3.71. The molecule has 3 aromatic rings. The van der Waals surface area contributed by atoms with Gasteiger partial charge in [0, 0.05) is 11.6 Å². The van der Waals surface area contributed by atoms with Crippen molar-refractivity contribution in [2.45, 2.75) is 20.8 Å². The fourth-order valence-electron chi connectivity index (χ4n) is 2.24. The molecular formula is C19H17NO3. The van der Waals surface area contributed by atoms with E-state index in [0.29, 0.717) is 11.5 Å². The SMILES string of the molecule is Cc1cccc(OC(=O)c2cc(-c3ccc(C)c(C)c3)on2)c1. The Morgan fingerprint density at radius 3 is 2.57 bits per heavy atom. The largest absolute Gasteiger partial charge is 0.422 e. The van der Waals surface area contributed by atoms with E-state index in [1.807, 2.05) is 51.1 Å². The fourth-order valence-corrected chi connectivity index (χ4v) is 2.24. The molecule has 0 fully saturated rings. The smallest absolute Gasteiger partial charge is 0.365 e. The first-order valence-electron chi connectivity index (χ1n) is 7.36. The van der Waals surface area contributed by atoms with Gasteiger partial charge in [-0.2, -0.15) is 0 Å². The van der Waals surface area contributed by atoms with Gasteiger partial charge in [-0.1, -0.05) is 29.4 Å². The molecular weight excluding hydrogens is 290 g/mol. The number of carbonyl (C=O) groups excluding carboxylic acids is 1. The van der Waals surface area contributed by atoms with Gasteiger partial charge in [-0.3, -0.25) is 0 Å². The lowest BCUT2D eigenvalue weighted by Crippen LogP contribution is -2.08. The van der Waals surface area contributed by atoms with Gasteiger partial charge < -0.3 is 9.26 Å². The van der Waals surface area contributed by atoms with Crippen LogP contribution in [0.3, 0.4) is 0 Å². The lowest BCUT2D eigenvalue weighted by Gasteiger charge is -2.02. The molecule has 1 heterocycles. The van der Waals surface area contributed by atoms with Crippen LogP contribution in [0.1, 0.15) is 27.2 Å². The van der Waals surface area contributed by atoms with Crippen LogP contribution < -0.4 is 4.74 Å². The normalized spacial score (nSPS) is 10.6. The summed E-state index contributed by atoms with van der Waals surface area (Å²) in [5, 5.41) is 3.81. The standard InChI is InChI=1S/C19H17NO3/c1-12-5-4-6-16(9-12)22-19(21)17-11-18(23-20-17)15-8-7-13(2)14(3)10-15/h4-11H,1-3H3. The van der Waals surface area contributed by atoms with Crippen LogP contribution in [-0.4, -0.2) is 11.1 Å². The Hall–Kier alpha value is -2.88. The number of aromatic nitrogens is 1. The highest BCUT2D eigenvalue weighted by Gasteiger charge is 2.16. The number of hydrogen-bond donors (Lipinski definition) is 0. The minimum atomic E-state index is -0.533. The van der Waals surface area contributed by atoms with E-state index in [2.05, 4.69) is 5.16 Å². The summed E-state index contributed by atoms with van der Waals surface area (Å²) in [6.07, 6.45) is 0. The molecule has 0 aliphatic carbocycles. The van der Waals surface area contributed by atoms with Crippen LogP contribution in [0.4, 0.5) is 0 Å². The summed E-state index contributed by atoms with van der Waals surface area (Å²) in [5.74, 6) is 0.504. The van der Waals surface area contributed by atoms with Crippen LogP contribution in [0.2, 0.25) is 0 Å². The van der Waals surface area contributed by atoms with Crippen LogP contribution in [0, 0.1) is 20.8 Å². The maximum Gasteiger partial charge on any atom is 0.365 e. The van der Waals surface area contributed by atoms with Crippen molar-refractivity contribution in [3.8, 4) is 17.1 Å². The number of ether oxygens (including phenoxy) is 1. The molecule has 0 N–H and O–H groups in total. The molecule has 4 heteroatoms. The molecule has 0 saturated heterocycles. The van der Waals surface area contributed by atoms with Gasteiger partial charge >= 0.3 is 5.97 Å². The van der Waals surface area contributed by atoms with E-state index in [1.54, 1.807) is 18.2 Å². The number of nitrogens with zero attached hydrogens (tertiary/aromatic N) is 1. The van der Waals surface area contributed by atoms with Gasteiger partial charge in [0.25, 0.3) is 0 Å². The second kappa shape index (κ2) is 6.08. The minimum Gasteiger partial charge on any atom is -0.422 e. The van der Waals surface area contributed by atoms with E-state index in [0.717, 1.165) is 16.7 Å². The van der Waals surface area contributed by atoms with E-state index < -0.39 is 5.97 Å². The second-order valence-corrected chi connectivity index (χ2v) is 5.58. The number of benzene rings is 2. The highest BCUT2D eigenvalue weighted by molar-refractivity contribution is 5.90. The Bertz CT molecular complexity index is 865. The molecule has 23 heavy (non-hydrogen) atoms. The zero-order chi connectivity index (χ0) is 16.4. The number of hydrogen-bond acceptors (Lipinski definition) is 4. The molecule has 0 amide bonds. The van der Waals surface area contributed by atoms with Crippen LogP contribution in [0.25, 0.3) is 11.3 Å². The summed E-state index contributed by atoms with van der Waals surface area (Å²) >= 11 is 0. The Morgan fingerprint density at radius 1 is 1.00 bits per heavy atom. The first-order valence-corrected chi connectivity index (χ1v) is 7.36. The van der Waals surface area contributed by atoms with Crippen LogP contribution in [0.5, 0.6) is 5.75 Å². The predicted octanol–water partition coefficient (Wildman–Crippen LogP) is 4.49. The number of aryl methyl sites for hydroxylation is 3. The van der Waals surface area contributed by atoms with E-state index in [4.69, 9.17) is 9.26 Å². The summed E-state index contributed by atoms with van der Waals surface area (Å²) in [7, 11) is 0. The lowest BCUT2D eigenvalue weighted by atomic mass is 10.0. The third-order valence-electron chi connectivity index (χ3n) is 3.71. The van der Waals surface area contributed by atoms with Crippen molar-refractivity contribution in [1.29, 1.82) is 0 Å². The Labute approximate surface area is 134 Å². The van der Waals surface area contributed by atoms with Gasteiger partial charge in [-0.25, -0.2) is 4.79 Å². The molecule has 0 radical (unpaired) electrons. The molecule has 0 unspecified atom stereocenters. The number of rotatable bonds is 3. The zero-order valence-electron chi connectivity index (χ0n) is 13.3. The van der Waals surface area contributed by atoms with Gasteiger partial charge in [-0.15, -0.1) is 0 Å². The maximum atomic E-state index is 12.1. The molecule has 116 valence electrons. The Balaban J connectivity index is 1.81. The van der Waals surface area contributed by atoms with Crippen molar-refractivity contribution in [1.82, 2.24) is 5.16 Å². The Kier molecular flexibility index (Phi) is 3.98. The van der Waals surface area contributed by atoms with E-state index in [-0.39, 0.29) is 5.69 Å². The van der Waals surface area contributed by atoms with Crippen LogP contribution in [0.15, 0.2) is 53.1 Å². The highest BCUT2D eigenvalue weighted by Crippen LogP contribution is 2.23. The van der Waals surface area contributed by atoms with Gasteiger partial charge in [0.2, 0.25) is 0 Å². The van der Waals surface area contributed by atoms with Crippen molar-refractivity contribution in [2.75, 3.05) is 0 Å². The maximum absolute atomic E-state index is 12.1. The topological polar surface area (TPSA) is 52.3 Å². The van der Waals surface area contributed by atoms with Crippen molar-refractivity contribution in [3.05, 3.63) is 70.9 Å². The van der Waals surface area contributed by atoms with Crippen molar-refractivity contribution in [3.63, 3.8) is 0 Å². The predicted molar refractivity (Wildman–Crippen MR) is 87.6 cm³/mol. The molecule has 1 aromatic heterocycles. The summed E-state index contributed by atoms with van der Waals surface area (Å²) < 4.78 is 10.6.